The highest BCUT2D eigenvalue weighted by atomic mass is 16.5. The van der Waals surface area contributed by atoms with E-state index in [0.717, 1.165) is 25.7 Å². The predicted octanol–water partition coefficient (Wildman–Crippen LogP) is 2.44. The Bertz CT molecular complexity index is 426. The van der Waals surface area contributed by atoms with Crippen molar-refractivity contribution in [2.75, 3.05) is 14.2 Å². The Morgan fingerprint density at radius 3 is 2.58 bits per heavy atom. The van der Waals surface area contributed by atoms with Crippen molar-refractivity contribution in [1.82, 2.24) is 9.78 Å². The number of hydrogen-bond acceptors (Lipinski definition) is 4. The average Bonchev–Trinajstić information content (AvgIpc) is 2.89. The van der Waals surface area contributed by atoms with Gasteiger partial charge in [0.15, 0.2) is 5.75 Å². The molecule has 0 aromatic carbocycles. The smallest absolute Gasteiger partial charge is 0.216 e. The molecule has 1 fully saturated rings. The average molecular weight is 266 g/mol. The highest BCUT2D eigenvalue weighted by Gasteiger charge is 2.42. The molecule has 1 aliphatic carbocycles. The van der Waals surface area contributed by atoms with Crippen LogP contribution in [-0.4, -0.2) is 35.4 Å². The van der Waals surface area contributed by atoms with Crippen LogP contribution in [-0.2, 0) is 11.3 Å². The highest BCUT2D eigenvalue weighted by molar-refractivity contribution is 6.03. The lowest BCUT2D eigenvalue weighted by Crippen LogP contribution is -2.43. The van der Waals surface area contributed by atoms with Crippen molar-refractivity contribution in [3.8, 4) is 5.75 Å². The lowest BCUT2D eigenvalue weighted by atomic mass is 9.80. The number of Topliss-reactive ketones (excluding diaryl/α,β-unsaturated/α-hetero) is 1. The second kappa shape index (κ2) is 5.74. The van der Waals surface area contributed by atoms with Crippen molar-refractivity contribution in [1.29, 1.82) is 0 Å². The van der Waals surface area contributed by atoms with E-state index in [4.69, 9.17) is 9.47 Å². The van der Waals surface area contributed by atoms with Crippen molar-refractivity contribution >= 4 is 5.78 Å². The minimum Gasteiger partial charge on any atom is -0.493 e. The van der Waals surface area contributed by atoms with Gasteiger partial charge in [0, 0.05) is 13.7 Å². The summed E-state index contributed by atoms with van der Waals surface area (Å²) in [6, 6.07) is 0. The van der Waals surface area contributed by atoms with E-state index in [9.17, 15) is 4.79 Å². The number of aryl methyl sites for hydroxylation is 1. The second-order valence-electron chi connectivity index (χ2n) is 4.97. The maximum Gasteiger partial charge on any atom is 0.216 e. The number of ether oxygens (including phenoxy) is 2. The third kappa shape index (κ3) is 2.39. The Balaban J connectivity index is 2.39. The number of rotatable bonds is 5. The summed E-state index contributed by atoms with van der Waals surface area (Å²) < 4.78 is 12.6. The minimum atomic E-state index is -0.696. The maximum atomic E-state index is 12.9. The number of nitrogens with zero attached hydrogens (tertiary/aromatic N) is 2. The summed E-state index contributed by atoms with van der Waals surface area (Å²) in [4.78, 5) is 12.9. The quantitative estimate of drug-likeness (QED) is 0.768. The minimum absolute atomic E-state index is 0.00546. The summed E-state index contributed by atoms with van der Waals surface area (Å²) in [5, 5.41) is 4.20. The molecule has 1 aliphatic rings. The first kappa shape index (κ1) is 14.1. The predicted molar refractivity (Wildman–Crippen MR) is 71.6 cm³/mol. The molecule has 19 heavy (non-hydrogen) atoms. The molecule has 0 aliphatic heterocycles. The van der Waals surface area contributed by atoms with Crippen molar-refractivity contribution in [3.05, 3.63) is 11.9 Å². The Morgan fingerprint density at radius 1 is 1.37 bits per heavy atom. The molecule has 0 saturated heterocycles. The molecule has 0 N–H and O–H groups in total. The van der Waals surface area contributed by atoms with E-state index < -0.39 is 5.60 Å². The van der Waals surface area contributed by atoms with Gasteiger partial charge in [-0.15, -0.1) is 0 Å². The second-order valence-corrected chi connectivity index (χ2v) is 4.97. The maximum absolute atomic E-state index is 12.9. The van der Waals surface area contributed by atoms with E-state index >= 15 is 0 Å². The van der Waals surface area contributed by atoms with E-state index in [0.29, 0.717) is 18.0 Å². The molecule has 0 unspecified atom stereocenters. The number of carbonyl (C=O) groups excluding carboxylic acids is 1. The largest absolute Gasteiger partial charge is 0.493 e. The Hall–Kier alpha value is -1.36. The molecule has 5 heteroatoms. The first-order valence-corrected chi connectivity index (χ1v) is 6.88. The standard InChI is InChI=1S/C14H22N2O3/c1-4-16-12(11(18-2)10-15-16)13(17)14(19-3)8-6-5-7-9-14/h10H,4-9H2,1-3H3. The zero-order valence-electron chi connectivity index (χ0n) is 11.9. The normalized spacial score (nSPS) is 18.3. The van der Waals surface area contributed by atoms with Gasteiger partial charge in [-0.05, 0) is 19.8 Å². The number of aromatic nitrogens is 2. The van der Waals surface area contributed by atoms with Gasteiger partial charge in [0.1, 0.15) is 11.3 Å². The third-order valence-corrected chi connectivity index (χ3v) is 4.01. The van der Waals surface area contributed by atoms with Crippen LogP contribution in [0.15, 0.2) is 6.20 Å². The van der Waals surface area contributed by atoms with E-state index in [1.807, 2.05) is 6.92 Å². The highest BCUT2D eigenvalue weighted by Crippen LogP contribution is 2.36. The molecule has 1 aromatic rings. The number of ketones is 1. The van der Waals surface area contributed by atoms with Crippen LogP contribution >= 0.6 is 0 Å². The number of carbonyl (C=O) groups is 1. The summed E-state index contributed by atoms with van der Waals surface area (Å²) in [6.07, 6.45) is 6.39. The van der Waals surface area contributed by atoms with Crippen molar-refractivity contribution in [3.63, 3.8) is 0 Å². The van der Waals surface area contributed by atoms with Crippen molar-refractivity contribution in [2.45, 2.75) is 51.2 Å². The molecule has 1 aromatic heterocycles. The van der Waals surface area contributed by atoms with Crippen LogP contribution in [0.25, 0.3) is 0 Å². The zero-order chi connectivity index (χ0) is 13.9. The van der Waals surface area contributed by atoms with Crippen LogP contribution in [0, 0.1) is 0 Å². The Morgan fingerprint density at radius 2 is 2.05 bits per heavy atom. The van der Waals surface area contributed by atoms with Gasteiger partial charge in [0.25, 0.3) is 0 Å². The van der Waals surface area contributed by atoms with Gasteiger partial charge in [-0.1, -0.05) is 19.3 Å². The fourth-order valence-electron chi connectivity index (χ4n) is 2.85. The lowest BCUT2D eigenvalue weighted by Gasteiger charge is -2.34. The van der Waals surface area contributed by atoms with Crippen LogP contribution in [0.3, 0.4) is 0 Å². The van der Waals surface area contributed by atoms with E-state index in [-0.39, 0.29) is 5.78 Å². The molecular formula is C14H22N2O3. The molecule has 1 saturated carbocycles. The summed E-state index contributed by atoms with van der Waals surface area (Å²) in [7, 11) is 3.19. The fourth-order valence-corrected chi connectivity index (χ4v) is 2.85. The van der Waals surface area contributed by atoms with Gasteiger partial charge < -0.3 is 9.47 Å². The molecular weight excluding hydrogens is 244 g/mol. The van der Waals surface area contributed by atoms with Gasteiger partial charge in [0.05, 0.1) is 13.3 Å². The third-order valence-electron chi connectivity index (χ3n) is 4.01. The van der Waals surface area contributed by atoms with Crippen molar-refractivity contribution < 1.29 is 14.3 Å². The molecule has 1 heterocycles. The Kier molecular flexibility index (Phi) is 4.24. The summed E-state index contributed by atoms with van der Waals surface area (Å²) >= 11 is 0. The monoisotopic (exact) mass is 266 g/mol. The van der Waals surface area contributed by atoms with Gasteiger partial charge >= 0.3 is 0 Å². The SMILES string of the molecule is CCn1ncc(OC)c1C(=O)C1(OC)CCCCC1. The molecule has 0 amide bonds. The van der Waals surface area contributed by atoms with Gasteiger partial charge in [-0.2, -0.15) is 5.10 Å². The molecule has 0 spiro atoms. The van der Waals surface area contributed by atoms with Crippen LogP contribution in [0.5, 0.6) is 5.75 Å². The van der Waals surface area contributed by atoms with E-state index in [1.54, 1.807) is 25.1 Å². The van der Waals surface area contributed by atoms with Crippen LogP contribution in [0.2, 0.25) is 0 Å². The summed E-state index contributed by atoms with van der Waals surface area (Å²) in [5.41, 5.74) is -0.160. The summed E-state index contributed by atoms with van der Waals surface area (Å²) in [5.74, 6) is 0.541. The molecule has 5 nitrogen and oxygen atoms in total. The van der Waals surface area contributed by atoms with Crippen LogP contribution in [0.1, 0.15) is 49.5 Å². The molecule has 0 bridgehead atoms. The number of methoxy groups -OCH3 is 2. The molecule has 106 valence electrons. The van der Waals surface area contributed by atoms with E-state index in [2.05, 4.69) is 5.10 Å². The first-order chi connectivity index (χ1) is 9.18. The van der Waals surface area contributed by atoms with Crippen molar-refractivity contribution in [2.24, 2.45) is 0 Å². The van der Waals surface area contributed by atoms with Gasteiger partial charge in [-0.3, -0.25) is 9.48 Å². The van der Waals surface area contributed by atoms with Crippen LogP contribution < -0.4 is 4.74 Å². The van der Waals surface area contributed by atoms with E-state index in [1.165, 1.54) is 6.42 Å². The van der Waals surface area contributed by atoms with Crippen LogP contribution in [0.4, 0.5) is 0 Å². The molecule has 2 rings (SSSR count). The summed E-state index contributed by atoms with van der Waals surface area (Å²) in [6.45, 7) is 2.60. The van der Waals surface area contributed by atoms with Gasteiger partial charge in [0.2, 0.25) is 5.78 Å². The fraction of sp³-hybridized carbons (Fsp3) is 0.714. The first-order valence-electron chi connectivity index (χ1n) is 6.88. The zero-order valence-corrected chi connectivity index (χ0v) is 11.9. The lowest BCUT2D eigenvalue weighted by molar-refractivity contribution is -0.0203. The van der Waals surface area contributed by atoms with Gasteiger partial charge in [-0.25, -0.2) is 0 Å². The molecule has 0 radical (unpaired) electrons. The molecule has 0 atom stereocenters. The topological polar surface area (TPSA) is 53.4 Å². The Labute approximate surface area is 113 Å². The number of hydrogen-bond donors (Lipinski definition) is 0.